The van der Waals surface area contributed by atoms with Gasteiger partial charge in [0.05, 0.1) is 24.0 Å². The Labute approximate surface area is 156 Å². The average Bonchev–Trinajstić information content (AvgIpc) is 2.62. The Morgan fingerprint density at radius 3 is 2.52 bits per heavy atom. The quantitative estimate of drug-likeness (QED) is 0.705. The first kappa shape index (κ1) is 18.9. The van der Waals surface area contributed by atoms with E-state index in [9.17, 15) is 17.6 Å². The Hall–Kier alpha value is -2.84. The minimum Gasteiger partial charge on any atom is -0.323 e. The van der Waals surface area contributed by atoms with Crippen LogP contribution in [-0.2, 0) is 21.4 Å². The Balaban J connectivity index is 1.77. The number of benzene rings is 2. The van der Waals surface area contributed by atoms with E-state index in [0.717, 1.165) is 15.9 Å². The van der Waals surface area contributed by atoms with Gasteiger partial charge in [0.2, 0.25) is 15.9 Å². The normalized spacial score (nSPS) is 11.7. The molecule has 1 amide bonds. The zero-order valence-electron chi connectivity index (χ0n) is 14.6. The fourth-order valence-electron chi connectivity index (χ4n) is 2.64. The van der Waals surface area contributed by atoms with Gasteiger partial charge in [-0.05, 0) is 29.8 Å². The predicted octanol–water partition coefficient (Wildman–Crippen LogP) is 2.77. The number of amides is 1. The largest absolute Gasteiger partial charge is 0.323 e. The van der Waals surface area contributed by atoms with Gasteiger partial charge in [0, 0.05) is 18.1 Å². The van der Waals surface area contributed by atoms with E-state index in [1.54, 1.807) is 24.4 Å². The number of rotatable bonds is 6. The second kappa shape index (κ2) is 7.81. The van der Waals surface area contributed by atoms with Gasteiger partial charge in [0.15, 0.2) is 0 Å². The first-order valence-corrected chi connectivity index (χ1v) is 10.0. The molecule has 6 nitrogen and oxygen atoms in total. The molecule has 1 heterocycles. The van der Waals surface area contributed by atoms with E-state index in [1.807, 2.05) is 12.1 Å². The summed E-state index contributed by atoms with van der Waals surface area (Å²) in [5.74, 6) is -0.897. The number of halogens is 1. The topological polar surface area (TPSA) is 79.4 Å². The monoisotopic (exact) mass is 387 g/mol. The number of fused-ring (bicyclic) bond motifs is 1. The van der Waals surface area contributed by atoms with Crippen LogP contribution in [0.1, 0.15) is 5.56 Å². The van der Waals surface area contributed by atoms with Gasteiger partial charge in [-0.15, -0.1) is 0 Å². The summed E-state index contributed by atoms with van der Waals surface area (Å²) < 4.78 is 38.2. The summed E-state index contributed by atoms with van der Waals surface area (Å²) in [5.41, 5.74) is 1.72. The molecule has 8 heteroatoms. The Morgan fingerprint density at radius 2 is 1.81 bits per heavy atom. The summed E-state index contributed by atoms with van der Waals surface area (Å²) in [5, 5.41) is 3.58. The minimum absolute atomic E-state index is 0.0275. The van der Waals surface area contributed by atoms with Crippen molar-refractivity contribution >= 4 is 32.5 Å². The smallest absolute Gasteiger partial charge is 0.239 e. The van der Waals surface area contributed by atoms with Crippen LogP contribution in [0.25, 0.3) is 10.9 Å². The number of anilines is 1. The Bertz CT molecular complexity index is 1060. The van der Waals surface area contributed by atoms with Gasteiger partial charge in [-0.1, -0.05) is 30.3 Å². The zero-order valence-corrected chi connectivity index (χ0v) is 15.4. The van der Waals surface area contributed by atoms with Crippen molar-refractivity contribution in [1.29, 1.82) is 0 Å². The highest BCUT2D eigenvalue weighted by Crippen LogP contribution is 2.20. The van der Waals surface area contributed by atoms with E-state index in [4.69, 9.17) is 0 Å². The van der Waals surface area contributed by atoms with Crippen LogP contribution in [0, 0.1) is 5.82 Å². The van der Waals surface area contributed by atoms with Crippen LogP contribution in [0.15, 0.2) is 60.8 Å². The lowest BCUT2D eigenvalue weighted by molar-refractivity contribution is -0.116. The standard InChI is InChI=1S/C19H18FN3O3S/c1-27(25,26)23(12-14-7-9-16(20)10-8-14)13-18(24)22-17-6-2-4-15-5-3-11-21-19(15)17/h2-11H,12-13H2,1H3,(H,22,24). The van der Waals surface area contributed by atoms with Gasteiger partial charge in [-0.3, -0.25) is 9.78 Å². The molecule has 0 aliphatic rings. The lowest BCUT2D eigenvalue weighted by Crippen LogP contribution is -2.36. The van der Waals surface area contributed by atoms with Crippen molar-refractivity contribution < 1.29 is 17.6 Å². The molecule has 0 aliphatic heterocycles. The highest BCUT2D eigenvalue weighted by molar-refractivity contribution is 7.88. The van der Waals surface area contributed by atoms with Crippen LogP contribution in [0.2, 0.25) is 0 Å². The first-order chi connectivity index (χ1) is 12.8. The molecule has 0 spiro atoms. The van der Waals surface area contributed by atoms with Crippen molar-refractivity contribution in [2.24, 2.45) is 0 Å². The van der Waals surface area contributed by atoms with Crippen molar-refractivity contribution in [3.63, 3.8) is 0 Å². The van der Waals surface area contributed by atoms with Crippen molar-refractivity contribution in [2.45, 2.75) is 6.54 Å². The third-order valence-electron chi connectivity index (χ3n) is 3.97. The number of sulfonamides is 1. The highest BCUT2D eigenvalue weighted by Gasteiger charge is 2.21. The molecular formula is C19H18FN3O3S. The molecule has 2 aromatic carbocycles. The van der Waals surface area contributed by atoms with Gasteiger partial charge >= 0.3 is 0 Å². The van der Waals surface area contributed by atoms with Crippen LogP contribution in [-0.4, -0.2) is 36.4 Å². The van der Waals surface area contributed by atoms with Gasteiger partial charge in [0.25, 0.3) is 0 Å². The summed E-state index contributed by atoms with van der Waals surface area (Å²) in [6.45, 7) is -0.389. The van der Waals surface area contributed by atoms with Gasteiger partial charge in [0.1, 0.15) is 5.82 Å². The van der Waals surface area contributed by atoms with Crippen LogP contribution >= 0.6 is 0 Å². The van der Waals surface area contributed by atoms with Crippen LogP contribution in [0.4, 0.5) is 10.1 Å². The van der Waals surface area contributed by atoms with Gasteiger partial charge in [-0.2, -0.15) is 4.31 Å². The molecule has 0 saturated carbocycles. The fraction of sp³-hybridized carbons (Fsp3) is 0.158. The molecule has 0 atom stereocenters. The fourth-order valence-corrected chi connectivity index (χ4v) is 3.37. The maximum Gasteiger partial charge on any atom is 0.239 e. The first-order valence-electron chi connectivity index (χ1n) is 8.16. The number of para-hydroxylation sites is 1. The van der Waals surface area contributed by atoms with Crippen molar-refractivity contribution in [3.05, 3.63) is 72.2 Å². The molecule has 0 saturated heterocycles. The lowest BCUT2D eigenvalue weighted by atomic mass is 10.2. The minimum atomic E-state index is -3.64. The maximum atomic E-state index is 13.0. The number of hydrogen-bond acceptors (Lipinski definition) is 4. The number of pyridine rings is 1. The van der Waals surface area contributed by atoms with E-state index >= 15 is 0 Å². The summed E-state index contributed by atoms with van der Waals surface area (Å²) in [6.07, 6.45) is 2.65. The number of carbonyl (C=O) groups excluding carboxylic acids is 1. The number of aromatic nitrogens is 1. The van der Waals surface area contributed by atoms with Gasteiger partial charge in [-0.25, -0.2) is 12.8 Å². The van der Waals surface area contributed by atoms with Crippen LogP contribution in [0.5, 0.6) is 0 Å². The van der Waals surface area contributed by atoms with Crippen molar-refractivity contribution in [3.8, 4) is 0 Å². The van der Waals surface area contributed by atoms with Crippen molar-refractivity contribution in [1.82, 2.24) is 9.29 Å². The third kappa shape index (κ3) is 4.87. The Morgan fingerprint density at radius 1 is 1.11 bits per heavy atom. The predicted molar refractivity (Wildman–Crippen MR) is 102 cm³/mol. The van der Waals surface area contributed by atoms with E-state index < -0.39 is 21.7 Å². The molecule has 1 N–H and O–H groups in total. The number of carbonyl (C=O) groups is 1. The Kier molecular flexibility index (Phi) is 5.48. The molecule has 0 radical (unpaired) electrons. The summed E-state index contributed by atoms with van der Waals surface area (Å²) in [6, 6.07) is 14.5. The molecular weight excluding hydrogens is 369 g/mol. The summed E-state index contributed by atoms with van der Waals surface area (Å²) >= 11 is 0. The molecule has 1 aromatic heterocycles. The SMILES string of the molecule is CS(=O)(=O)N(CC(=O)Nc1cccc2cccnc12)Cc1ccc(F)cc1. The van der Waals surface area contributed by atoms with E-state index in [2.05, 4.69) is 10.3 Å². The van der Waals surface area contributed by atoms with E-state index in [1.165, 1.54) is 24.3 Å². The lowest BCUT2D eigenvalue weighted by Gasteiger charge is -2.20. The molecule has 140 valence electrons. The molecule has 0 aliphatic carbocycles. The molecule has 27 heavy (non-hydrogen) atoms. The molecule has 0 fully saturated rings. The number of hydrogen-bond donors (Lipinski definition) is 1. The van der Waals surface area contributed by atoms with E-state index in [0.29, 0.717) is 16.8 Å². The molecule has 0 unspecified atom stereocenters. The second-order valence-corrected chi connectivity index (χ2v) is 8.07. The highest BCUT2D eigenvalue weighted by atomic mass is 32.2. The maximum absolute atomic E-state index is 13.0. The molecule has 3 rings (SSSR count). The molecule has 3 aromatic rings. The molecule has 0 bridgehead atoms. The zero-order chi connectivity index (χ0) is 19.4. The number of nitrogens with one attached hydrogen (secondary N) is 1. The third-order valence-corrected chi connectivity index (χ3v) is 5.16. The second-order valence-electron chi connectivity index (χ2n) is 6.09. The van der Waals surface area contributed by atoms with Gasteiger partial charge < -0.3 is 5.32 Å². The average molecular weight is 387 g/mol. The van der Waals surface area contributed by atoms with E-state index in [-0.39, 0.29) is 13.1 Å². The summed E-state index contributed by atoms with van der Waals surface area (Å²) in [7, 11) is -3.64. The van der Waals surface area contributed by atoms with Crippen LogP contribution < -0.4 is 5.32 Å². The van der Waals surface area contributed by atoms with Crippen LogP contribution in [0.3, 0.4) is 0 Å². The van der Waals surface area contributed by atoms with Crippen molar-refractivity contribution in [2.75, 3.05) is 18.1 Å². The summed E-state index contributed by atoms with van der Waals surface area (Å²) in [4.78, 5) is 16.7. The number of nitrogens with zero attached hydrogens (tertiary/aromatic N) is 2.